The van der Waals surface area contributed by atoms with Crippen molar-refractivity contribution >= 4 is 47.0 Å². The number of carbonyl (C=O) groups excluding carboxylic acids is 1. The van der Waals surface area contributed by atoms with Gasteiger partial charge in [0.2, 0.25) is 15.9 Å². The van der Waals surface area contributed by atoms with Crippen molar-refractivity contribution in [3.05, 3.63) is 35.7 Å². The fraction of sp³-hybridized carbons (Fsp3) is 0.440. The average molecular weight is 572 g/mol. The monoisotopic (exact) mass is 571 g/mol. The highest BCUT2D eigenvalue weighted by Gasteiger charge is 2.29. The summed E-state index contributed by atoms with van der Waals surface area (Å²) in [7, 11) is -1.55. The van der Waals surface area contributed by atoms with E-state index in [4.69, 9.17) is 4.98 Å². The topological polar surface area (TPSA) is 122 Å². The predicted molar refractivity (Wildman–Crippen MR) is 153 cm³/mol. The molecule has 13 heteroatoms. The first kappa shape index (κ1) is 28.1. The van der Waals surface area contributed by atoms with E-state index < -0.39 is 18.1 Å². The Labute approximate surface area is 228 Å². The molecule has 202 valence electrons. The van der Waals surface area contributed by atoms with Crippen LogP contribution in [0.3, 0.4) is 0 Å². The van der Waals surface area contributed by atoms with Gasteiger partial charge in [-0.25, -0.2) is 27.8 Å². The van der Waals surface area contributed by atoms with Crippen LogP contribution < -0.4 is 10.0 Å². The quantitative estimate of drug-likeness (QED) is 0.294. The second-order valence-corrected chi connectivity index (χ2v) is 18.4. The standard InChI is InChI=1S/C25H33N7O3S2Si/c1-17(33)32-20(18-7-8-18)15-22(30-32)28-24-19(11-14-38(4,5)6)16-26-25(29-24)21-9-10-23(36-21)37(34,35)27-12-13-31(2)3/h9-10,15-16,18,27H,7-8,12-13H2,1-6H3,(H,26,28,29,30). The molecule has 0 amide bonds. The molecule has 2 N–H and O–H groups in total. The molecule has 0 aromatic carbocycles. The van der Waals surface area contributed by atoms with Crippen LogP contribution in [-0.4, -0.2) is 74.2 Å². The lowest BCUT2D eigenvalue weighted by atomic mass is 10.3. The molecule has 0 atom stereocenters. The van der Waals surface area contributed by atoms with E-state index in [9.17, 15) is 13.2 Å². The van der Waals surface area contributed by atoms with E-state index in [1.54, 1.807) is 18.3 Å². The van der Waals surface area contributed by atoms with Crippen LogP contribution in [0, 0.1) is 11.5 Å². The van der Waals surface area contributed by atoms with Crippen LogP contribution in [0.25, 0.3) is 10.7 Å². The highest BCUT2D eigenvalue weighted by molar-refractivity contribution is 7.91. The number of nitrogens with zero attached hydrogens (tertiary/aromatic N) is 5. The first-order chi connectivity index (χ1) is 17.8. The van der Waals surface area contributed by atoms with Gasteiger partial charge < -0.3 is 10.2 Å². The highest BCUT2D eigenvalue weighted by Crippen LogP contribution is 2.41. The molecular formula is C25H33N7O3S2Si. The molecular weight excluding hydrogens is 539 g/mol. The van der Waals surface area contributed by atoms with Crippen LogP contribution in [0.2, 0.25) is 19.6 Å². The van der Waals surface area contributed by atoms with Crippen molar-refractivity contribution in [3.8, 4) is 22.2 Å². The predicted octanol–water partition coefficient (Wildman–Crippen LogP) is 3.75. The molecule has 38 heavy (non-hydrogen) atoms. The van der Waals surface area contributed by atoms with Crippen LogP contribution in [-0.2, 0) is 10.0 Å². The van der Waals surface area contributed by atoms with Gasteiger partial charge in [-0.15, -0.1) is 22.0 Å². The molecule has 10 nitrogen and oxygen atoms in total. The van der Waals surface area contributed by atoms with Crippen LogP contribution in [0.15, 0.2) is 28.6 Å². The second kappa shape index (κ2) is 11.1. The van der Waals surface area contributed by atoms with Crippen molar-refractivity contribution < 1.29 is 13.2 Å². The molecule has 0 spiro atoms. The summed E-state index contributed by atoms with van der Waals surface area (Å²) in [4.78, 5) is 23.9. The third kappa shape index (κ3) is 7.15. The summed E-state index contributed by atoms with van der Waals surface area (Å²) in [6, 6.07) is 5.14. The molecule has 4 rings (SSSR count). The minimum atomic E-state index is -3.64. The summed E-state index contributed by atoms with van der Waals surface area (Å²) in [5, 5.41) is 7.70. The van der Waals surface area contributed by atoms with E-state index >= 15 is 0 Å². The number of hydrogen-bond donors (Lipinski definition) is 2. The lowest BCUT2D eigenvalue weighted by molar-refractivity contribution is 0.0917. The van der Waals surface area contributed by atoms with Gasteiger partial charge in [-0.2, -0.15) is 0 Å². The van der Waals surface area contributed by atoms with Gasteiger partial charge in [0.1, 0.15) is 12.3 Å². The maximum atomic E-state index is 12.7. The van der Waals surface area contributed by atoms with Gasteiger partial charge in [0.15, 0.2) is 17.5 Å². The molecule has 1 aliphatic rings. The minimum absolute atomic E-state index is 0.145. The number of thiophene rings is 1. The summed E-state index contributed by atoms with van der Waals surface area (Å²) in [5.74, 6) is 4.74. The molecule has 1 fully saturated rings. The molecule has 3 heterocycles. The summed E-state index contributed by atoms with van der Waals surface area (Å²) < 4.78 is 29.7. The van der Waals surface area contributed by atoms with Gasteiger partial charge in [-0.05, 0) is 39.1 Å². The smallest absolute Gasteiger partial charge is 0.250 e. The summed E-state index contributed by atoms with van der Waals surface area (Å²) in [6.45, 7) is 8.86. The Kier molecular flexibility index (Phi) is 8.19. The van der Waals surface area contributed by atoms with Crippen molar-refractivity contribution in [3.63, 3.8) is 0 Å². The number of anilines is 2. The van der Waals surface area contributed by atoms with Crippen molar-refractivity contribution in [1.82, 2.24) is 29.4 Å². The SMILES string of the molecule is CC(=O)n1nc(Nc2nc(-c3ccc(S(=O)(=O)NCCN(C)C)s3)ncc2C#C[Si](C)(C)C)cc1C1CC1. The highest BCUT2D eigenvalue weighted by atomic mass is 32.2. The fourth-order valence-electron chi connectivity index (χ4n) is 3.50. The number of likely N-dealkylation sites (N-methyl/N-ethyl adjacent to an activating group) is 1. The van der Waals surface area contributed by atoms with Gasteiger partial charge in [0.25, 0.3) is 0 Å². The summed E-state index contributed by atoms with van der Waals surface area (Å²) in [6.07, 6.45) is 3.72. The van der Waals surface area contributed by atoms with Gasteiger partial charge >= 0.3 is 0 Å². The van der Waals surface area contributed by atoms with Gasteiger partial charge in [-0.1, -0.05) is 25.6 Å². The Morgan fingerprint density at radius 3 is 2.63 bits per heavy atom. The van der Waals surface area contributed by atoms with E-state index in [0.29, 0.717) is 46.9 Å². The largest absolute Gasteiger partial charge is 0.322 e. The lowest BCUT2D eigenvalue weighted by Gasteiger charge is -2.10. The van der Waals surface area contributed by atoms with Crippen molar-refractivity contribution in [2.24, 2.45) is 0 Å². The van der Waals surface area contributed by atoms with Gasteiger partial charge in [0, 0.05) is 38.2 Å². The molecule has 0 unspecified atom stereocenters. The summed E-state index contributed by atoms with van der Waals surface area (Å²) in [5.41, 5.74) is 4.83. The molecule has 1 aliphatic carbocycles. The van der Waals surface area contributed by atoms with E-state index in [1.165, 1.54) is 11.6 Å². The van der Waals surface area contributed by atoms with Crippen LogP contribution >= 0.6 is 11.3 Å². The summed E-state index contributed by atoms with van der Waals surface area (Å²) >= 11 is 1.10. The zero-order valence-electron chi connectivity index (χ0n) is 22.5. The first-order valence-electron chi connectivity index (χ1n) is 12.3. The van der Waals surface area contributed by atoms with E-state index in [0.717, 1.165) is 29.9 Å². The number of carbonyl (C=O) groups is 1. The first-order valence-corrected chi connectivity index (χ1v) is 18.1. The fourth-order valence-corrected chi connectivity index (χ4v) is 6.32. The number of sulfonamides is 1. The lowest BCUT2D eigenvalue weighted by Crippen LogP contribution is -2.30. The Bertz CT molecular complexity index is 1510. The molecule has 0 aliphatic heterocycles. The second-order valence-electron chi connectivity index (χ2n) is 10.6. The van der Waals surface area contributed by atoms with E-state index in [-0.39, 0.29) is 10.1 Å². The van der Waals surface area contributed by atoms with Crippen molar-refractivity contribution in [2.45, 2.75) is 49.5 Å². The number of hydrogen-bond acceptors (Lipinski definition) is 9. The Balaban J connectivity index is 1.67. The molecule has 1 saturated carbocycles. The van der Waals surface area contributed by atoms with E-state index in [2.05, 4.69) is 51.2 Å². The number of aromatic nitrogens is 4. The third-order valence-corrected chi connectivity index (χ3v) is 9.46. The van der Waals surface area contributed by atoms with E-state index in [1.807, 2.05) is 25.1 Å². The molecule has 3 aromatic rings. The molecule has 3 aromatic heterocycles. The van der Waals surface area contributed by atoms with Crippen LogP contribution in [0.5, 0.6) is 0 Å². The average Bonchev–Trinajstić information content (AvgIpc) is 3.36. The minimum Gasteiger partial charge on any atom is -0.322 e. The zero-order valence-corrected chi connectivity index (χ0v) is 25.1. The Morgan fingerprint density at radius 1 is 1.26 bits per heavy atom. The van der Waals surface area contributed by atoms with Gasteiger partial charge in [-0.3, -0.25) is 4.79 Å². The zero-order chi connectivity index (χ0) is 27.7. The van der Waals surface area contributed by atoms with Crippen LogP contribution in [0.1, 0.15) is 41.7 Å². The molecule has 0 bridgehead atoms. The number of nitrogens with one attached hydrogen (secondary N) is 2. The Hall–Kier alpha value is -2.89. The molecule has 0 saturated heterocycles. The molecule has 0 radical (unpaired) electrons. The third-order valence-electron chi connectivity index (χ3n) is 5.56. The number of rotatable bonds is 9. The van der Waals surface area contributed by atoms with Crippen molar-refractivity contribution in [1.29, 1.82) is 0 Å². The maximum Gasteiger partial charge on any atom is 0.250 e. The normalized spacial score (nSPS) is 13.9. The Morgan fingerprint density at radius 2 is 2.00 bits per heavy atom. The van der Waals surface area contributed by atoms with Crippen LogP contribution in [0.4, 0.5) is 11.6 Å². The van der Waals surface area contributed by atoms with Crippen molar-refractivity contribution in [2.75, 3.05) is 32.5 Å². The van der Waals surface area contributed by atoms with Gasteiger partial charge in [0.05, 0.1) is 16.1 Å². The maximum absolute atomic E-state index is 12.7.